The summed E-state index contributed by atoms with van der Waals surface area (Å²) in [5, 5.41) is 0. The van der Waals surface area contributed by atoms with Crippen LogP contribution in [0.1, 0.15) is 48.0 Å². The summed E-state index contributed by atoms with van der Waals surface area (Å²) in [6.45, 7) is 17.2. The number of hydrogen-bond donors (Lipinski definition) is 1. The van der Waals surface area contributed by atoms with Crippen molar-refractivity contribution in [3.63, 3.8) is 0 Å². The van der Waals surface area contributed by atoms with E-state index in [-0.39, 0.29) is 16.7 Å². The van der Waals surface area contributed by atoms with Gasteiger partial charge in [0.25, 0.3) is 0 Å². The third-order valence-electron chi connectivity index (χ3n) is 5.18. The molecule has 1 unspecified atom stereocenters. The van der Waals surface area contributed by atoms with Gasteiger partial charge in [0.05, 0.1) is 21.7 Å². The van der Waals surface area contributed by atoms with Gasteiger partial charge in [0.1, 0.15) is 0 Å². The van der Waals surface area contributed by atoms with Gasteiger partial charge in [-0.15, -0.1) is 0 Å². The van der Waals surface area contributed by atoms with Gasteiger partial charge in [-0.1, -0.05) is 12.2 Å². The number of ether oxygens (including phenoxy) is 1. The summed E-state index contributed by atoms with van der Waals surface area (Å²) >= 11 is 5.22. The van der Waals surface area contributed by atoms with E-state index in [0.29, 0.717) is 11.0 Å². The maximum absolute atomic E-state index is 6.24. The highest BCUT2D eigenvalue weighted by molar-refractivity contribution is 7.80. The summed E-state index contributed by atoms with van der Waals surface area (Å²) in [6.07, 6.45) is 1.10. The van der Waals surface area contributed by atoms with Crippen molar-refractivity contribution in [1.29, 1.82) is 0 Å². The summed E-state index contributed by atoms with van der Waals surface area (Å²) in [5.41, 5.74) is 5.60. The zero-order chi connectivity index (χ0) is 16.1. The molecule has 2 saturated heterocycles. The second-order valence-corrected chi connectivity index (χ2v) is 8.57. The van der Waals surface area contributed by atoms with Crippen molar-refractivity contribution >= 4 is 17.2 Å². The maximum Gasteiger partial charge on any atom is 0.0928 e. The Morgan fingerprint density at radius 1 is 1.14 bits per heavy atom. The second kappa shape index (κ2) is 5.44. The first-order valence-electron chi connectivity index (χ1n) is 7.95. The molecule has 5 heteroatoms. The lowest BCUT2D eigenvalue weighted by Gasteiger charge is -2.46. The molecule has 0 aromatic carbocycles. The Morgan fingerprint density at radius 2 is 1.67 bits per heavy atom. The first kappa shape index (κ1) is 17.1. The van der Waals surface area contributed by atoms with Crippen LogP contribution in [0, 0.1) is 0 Å². The average Bonchev–Trinajstić information content (AvgIpc) is 2.57. The molecule has 0 amide bonds. The van der Waals surface area contributed by atoms with Crippen LogP contribution in [0.25, 0.3) is 0 Å². The minimum absolute atomic E-state index is 0.0244. The molecule has 2 fully saturated rings. The molecule has 0 saturated carbocycles. The van der Waals surface area contributed by atoms with Crippen LogP contribution in [0.3, 0.4) is 0 Å². The van der Waals surface area contributed by atoms with Gasteiger partial charge in [-0.05, 0) is 48.0 Å². The Hall–Kier alpha value is -0.230. The van der Waals surface area contributed by atoms with Gasteiger partial charge in [0.15, 0.2) is 0 Å². The molecule has 4 nitrogen and oxygen atoms in total. The summed E-state index contributed by atoms with van der Waals surface area (Å²) in [7, 11) is 0. The first-order valence-corrected chi connectivity index (χ1v) is 8.36. The fraction of sp³-hybridized carbons (Fsp3) is 0.938. The molecular weight excluding hydrogens is 282 g/mol. The van der Waals surface area contributed by atoms with Crippen LogP contribution >= 0.6 is 12.2 Å². The molecule has 2 aliphatic rings. The highest BCUT2D eigenvalue weighted by Crippen LogP contribution is 2.40. The Balaban J connectivity index is 2.00. The molecule has 122 valence electrons. The molecule has 0 aromatic rings. The van der Waals surface area contributed by atoms with Crippen molar-refractivity contribution in [2.24, 2.45) is 5.73 Å². The molecule has 1 atom stereocenters. The first-order chi connectivity index (χ1) is 9.46. The molecule has 0 aromatic heterocycles. The quantitative estimate of drug-likeness (QED) is 0.807. The van der Waals surface area contributed by atoms with Crippen LogP contribution in [0.2, 0.25) is 0 Å². The van der Waals surface area contributed by atoms with Gasteiger partial charge < -0.3 is 10.5 Å². The monoisotopic (exact) mass is 313 g/mol. The predicted octanol–water partition coefficient (Wildman–Crippen LogP) is 2.01. The lowest BCUT2D eigenvalue weighted by atomic mass is 9.92. The minimum Gasteiger partial charge on any atom is -0.392 e. The number of nitrogens with two attached hydrogens (primary N) is 1. The number of hydrogen-bond acceptors (Lipinski definition) is 4. The van der Waals surface area contributed by atoms with Crippen molar-refractivity contribution in [2.45, 2.75) is 70.7 Å². The number of nitrogens with zero attached hydrogens (tertiary/aromatic N) is 2. The summed E-state index contributed by atoms with van der Waals surface area (Å²) in [5.74, 6) is 0. The van der Waals surface area contributed by atoms with Gasteiger partial charge in [0, 0.05) is 32.2 Å². The molecule has 2 N–H and O–H groups in total. The van der Waals surface area contributed by atoms with E-state index >= 15 is 0 Å². The van der Waals surface area contributed by atoms with Gasteiger partial charge in [-0.25, -0.2) is 0 Å². The van der Waals surface area contributed by atoms with E-state index in [2.05, 4.69) is 51.3 Å². The van der Waals surface area contributed by atoms with Crippen molar-refractivity contribution in [2.75, 3.05) is 26.2 Å². The van der Waals surface area contributed by atoms with Crippen molar-refractivity contribution in [3.8, 4) is 0 Å². The molecule has 0 radical (unpaired) electrons. The van der Waals surface area contributed by atoms with E-state index in [1.165, 1.54) is 0 Å². The normalized spacial score (nSPS) is 30.5. The molecule has 21 heavy (non-hydrogen) atoms. The Morgan fingerprint density at radius 3 is 2.05 bits per heavy atom. The van der Waals surface area contributed by atoms with Crippen molar-refractivity contribution < 1.29 is 4.74 Å². The van der Waals surface area contributed by atoms with E-state index in [0.717, 1.165) is 32.6 Å². The fourth-order valence-corrected chi connectivity index (χ4v) is 3.98. The maximum atomic E-state index is 6.24. The smallest absolute Gasteiger partial charge is 0.0928 e. The number of thiocarbonyl (C=S) groups is 1. The Bertz CT molecular complexity index is 412. The minimum atomic E-state index is -0.192. The fourth-order valence-electron chi connectivity index (χ4n) is 3.85. The molecule has 2 aliphatic heterocycles. The molecule has 2 rings (SSSR count). The van der Waals surface area contributed by atoms with Crippen LogP contribution < -0.4 is 5.73 Å². The second-order valence-electron chi connectivity index (χ2n) is 8.13. The summed E-state index contributed by atoms with van der Waals surface area (Å²) in [6, 6.07) is 0.489. The highest BCUT2D eigenvalue weighted by Gasteiger charge is 2.49. The van der Waals surface area contributed by atoms with Crippen LogP contribution in [0.15, 0.2) is 0 Å². The van der Waals surface area contributed by atoms with Crippen molar-refractivity contribution in [3.05, 3.63) is 0 Å². The third kappa shape index (κ3) is 3.41. The summed E-state index contributed by atoms with van der Waals surface area (Å²) < 4.78 is 6.24. The van der Waals surface area contributed by atoms with Crippen molar-refractivity contribution in [1.82, 2.24) is 9.80 Å². The van der Waals surface area contributed by atoms with E-state index in [9.17, 15) is 0 Å². The molecule has 2 heterocycles. The van der Waals surface area contributed by atoms with E-state index in [4.69, 9.17) is 22.7 Å². The van der Waals surface area contributed by atoms with Gasteiger partial charge >= 0.3 is 0 Å². The molecule has 0 spiro atoms. The van der Waals surface area contributed by atoms with Gasteiger partial charge in [-0.2, -0.15) is 0 Å². The molecule has 0 bridgehead atoms. The van der Waals surface area contributed by atoms with Crippen LogP contribution in [0.5, 0.6) is 0 Å². The van der Waals surface area contributed by atoms with Gasteiger partial charge in [0.2, 0.25) is 0 Å². The number of rotatable bonds is 3. The van der Waals surface area contributed by atoms with Crippen LogP contribution in [-0.4, -0.2) is 63.8 Å². The molecule has 0 aliphatic carbocycles. The lowest BCUT2D eigenvalue weighted by molar-refractivity contribution is -0.0845. The topological polar surface area (TPSA) is 41.7 Å². The predicted molar refractivity (Wildman–Crippen MR) is 91.7 cm³/mol. The van der Waals surface area contributed by atoms with Crippen LogP contribution in [-0.2, 0) is 4.74 Å². The zero-order valence-corrected chi connectivity index (χ0v) is 15.2. The third-order valence-corrected chi connectivity index (χ3v) is 5.67. The summed E-state index contributed by atoms with van der Waals surface area (Å²) in [4.78, 5) is 5.57. The Labute approximate surface area is 135 Å². The average molecular weight is 314 g/mol. The lowest BCUT2D eigenvalue weighted by Crippen LogP contribution is -2.61. The number of piperazine rings is 1. The molecular formula is C16H31N3OS. The largest absolute Gasteiger partial charge is 0.392 e. The van der Waals surface area contributed by atoms with E-state index < -0.39 is 0 Å². The Kier molecular flexibility index (Phi) is 4.44. The van der Waals surface area contributed by atoms with E-state index in [1.54, 1.807) is 0 Å². The van der Waals surface area contributed by atoms with Gasteiger partial charge in [-0.3, -0.25) is 9.80 Å². The standard InChI is InChI=1S/C16H31N3OS/c1-14(2)11-12(16(5,6)20-14)18-7-9-19(10-8-18)15(3,4)13(17)21/h12H,7-11H2,1-6H3,(H2,17,21). The zero-order valence-electron chi connectivity index (χ0n) is 14.4. The highest BCUT2D eigenvalue weighted by atomic mass is 32.1. The van der Waals surface area contributed by atoms with E-state index in [1.807, 2.05) is 0 Å². The van der Waals surface area contributed by atoms with Crippen LogP contribution in [0.4, 0.5) is 0 Å². The SMILES string of the molecule is CC1(C)CC(N2CCN(C(C)(C)C(N)=S)CC2)C(C)(C)O1.